The predicted molar refractivity (Wildman–Crippen MR) is 99.7 cm³/mol. The van der Waals surface area contributed by atoms with Crippen LogP contribution < -0.4 is 0 Å². The topological polar surface area (TPSA) is 29.4 Å². The van der Waals surface area contributed by atoms with Gasteiger partial charge in [0, 0.05) is 0 Å². The van der Waals surface area contributed by atoms with Crippen molar-refractivity contribution in [2.45, 2.75) is 77.0 Å². The van der Waals surface area contributed by atoms with Crippen molar-refractivity contribution >= 4 is 0 Å². The lowest BCUT2D eigenvalue weighted by Gasteiger charge is -2.29. The van der Waals surface area contributed by atoms with Gasteiger partial charge in [0.2, 0.25) is 0 Å². The summed E-state index contributed by atoms with van der Waals surface area (Å²) in [7, 11) is 0. The third-order valence-corrected chi connectivity index (χ3v) is 7.63. The van der Waals surface area contributed by atoms with Gasteiger partial charge in [-0.2, -0.15) is 4.91 Å². The van der Waals surface area contributed by atoms with Gasteiger partial charge in [-0.25, -0.2) is 0 Å². The second-order valence-electron chi connectivity index (χ2n) is 9.27. The summed E-state index contributed by atoms with van der Waals surface area (Å²) in [5.74, 6) is 4.04. The Morgan fingerprint density at radius 2 is 1.50 bits per heavy atom. The zero-order valence-corrected chi connectivity index (χ0v) is 15.1. The molecule has 0 amide bonds. The number of hydrogen-bond acceptors (Lipinski definition) is 2. The average molecular weight is 328 g/mol. The zero-order valence-electron chi connectivity index (χ0n) is 15.1. The molecule has 4 fully saturated rings. The SMILES string of the molecule is C=C1CC(CC2CCC2)C/C1=C1/CC(CN=O)C(CC2CCC2)C1. The molecule has 2 nitrogen and oxygen atoms in total. The Balaban J connectivity index is 1.42. The third-order valence-electron chi connectivity index (χ3n) is 7.63. The predicted octanol–water partition coefficient (Wildman–Crippen LogP) is 6.42. The van der Waals surface area contributed by atoms with Crippen LogP contribution in [-0.4, -0.2) is 6.54 Å². The maximum absolute atomic E-state index is 10.9. The Kier molecular flexibility index (Phi) is 4.92. The first-order chi connectivity index (χ1) is 11.7. The van der Waals surface area contributed by atoms with Gasteiger partial charge in [-0.1, -0.05) is 61.4 Å². The van der Waals surface area contributed by atoms with E-state index in [1.54, 1.807) is 11.1 Å². The fourth-order valence-electron chi connectivity index (χ4n) is 5.78. The molecule has 0 aromatic carbocycles. The summed E-state index contributed by atoms with van der Waals surface area (Å²) in [6, 6.07) is 0. The fourth-order valence-corrected chi connectivity index (χ4v) is 5.78. The van der Waals surface area contributed by atoms with Crippen LogP contribution in [0.3, 0.4) is 0 Å². The highest BCUT2D eigenvalue weighted by atomic mass is 16.3. The van der Waals surface area contributed by atoms with Gasteiger partial charge in [-0.3, -0.25) is 0 Å². The molecule has 4 saturated carbocycles. The molecule has 0 aromatic rings. The van der Waals surface area contributed by atoms with Crippen LogP contribution in [0.2, 0.25) is 0 Å². The van der Waals surface area contributed by atoms with E-state index in [4.69, 9.17) is 0 Å². The van der Waals surface area contributed by atoms with Crippen molar-refractivity contribution in [1.82, 2.24) is 0 Å². The van der Waals surface area contributed by atoms with E-state index in [1.807, 2.05) is 0 Å². The normalized spacial score (nSPS) is 37.5. The van der Waals surface area contributed by atoms with E-state index in [9.17, 15) is 4.91 Å². The van der Waals surface area contributed by atoms with E-state index < -0.39 is 0 Å². The monoisotopic (exact) mass is 327 g/mol. The van der Waals surface area contributed by atoms with E-state index in [1.165, 1.54) is 76.2 Å². The highest BCUT2D eigenvalue weighted by Crippen LogP contribution is 2.49. The molecule has 4 aliphatic rings. The van der Waals surface area contributed by atoms with E-state index >= 15 is 0 Å². The molecule has 0 aliphatic heterocycles. The third kappa shape index (κ3) is 3.39. The van der Waals surface area contributed by atoms with Gasteiger partial charge in [-0.15, -0.1) is 0 Å². The van der Waals surface area contributed by atoms with Crippen LogP contribution in [0.1, 0.15) is 77.0 Å². The lowest BCUT2D eigenvalue weighted by Crippen LogP contribution is -2.19. The molecule has 0 bridgehead atoms. The van der Waals surface area contributed by atoms with E-state index in [0.717, 1.165) is 24.2 Å². The molecular weight excluding hydrogens is 294 g/mol. The number of allylic oxidation sites excluding steroid dienone is 3. The largest absolute Gasteiger partial charge is 0.151 e. The molecule has 2 heteroatoms. The Labute approximate surface area is 147 Å². The van der Waals surface area contributed by atoms with Gasteiger partial charge in [0.1, 0.15) is 0 Å². The lowest BCUT2D eigenvalue weighted by molar-refractivity contribution is 0.223. The number of nitrogens with zero attached hydrogens (tertiary/aromatic N) is 1. The second-order valence-corrected chi connectivity index (χ2v) is 9.27. The fraction of sp³-hybridized carbons (Fsp3) is 0.818. The molecule has 0 radical (unpaired) electrons. The minimum Gasteiger partial charge on any atom is -0.151 e. The molecular formula is C22H33NO. The smallest absolute Gasteiger partial charge is 0.0845 e. The van der Waals surface area contributed by atoms with Crippen LogP contribution >= 0.6 is 0 Å². The molecule has 3 unspecified atom stereocenters. The molecule has 0 aromatic heterocycles. The van der Waals surface area contributed by atoms with Gasteiger partial charge in [0.25, 0.3) is 0 Å². The van der Waals surface area contributed by atoms with Crippen molar-refractivity contribution in [3.8, 4) is 0 Å². The van der Waals surface area contributed by atoms with Gasteiger partial charge in [0.05, 0.1) is 6.54 Å². The highest BCUT2D eigenvalue weighted by molar-refractivity contribution is 5.39. The van der Waals surface area contributed by atoms with Crippen LogP contribution in [-0.2, 0) is 0 Å². The van der Waals surface area contributed by atoms with Crippen LogP contribution in [0.4, 0.5) is 0 Å². The lowest BCUT2D eigenvalue weighted by atomic mass is 9.76. The van der Waals surface area contributed by atoms with Gasteiger partial charge in [-0.05, 0) is 73.7 Å². The van der Waals surface area contributed by atoms with Gasteiger partial charge in [0.15, 0.2) is 0 Å². The van der Waals surface area contributed by atoms with E-state index in [0.29, 0.717) is 18.4 Å². The zero-order chi connectivity index (χ0) is 16.5. The molecule has 0 saturated heterocycles. The summed E-state index contributed by atoms with van der Waals surface area (Å²) in [5, 5.41) is 3.28. The first-order valence-electron chi connectivity index (χ1n) is 10.4. The summed E-state index contributed by atoms with van der Waals surface area (Å²) in [6.07, 6.45) is 16.3. The molecule has 0 spiro atoms. The highest BCUT2D eigenvalue weighted by Gasteiger charge is 2.37. The maximum Gasteiger partial charge on any atom is 0.0845 e. The van der Waals surface area contributed by atoms with Gasteiger partial charge >= 0.3 is 0 Å². The Bertz CT molecular complexity index is 526. The molecule has 4 aliphatic carbocycles. The Morgan fingerprint density at radius 1 is 0.833 bits per heavy atom. The number of nitroso groups, excluding NO2 is 1. The van der Waals surface area contributed by atoms with Crippen LogP contribution in [0.15, 0.2) is 28.5 Å². The van der Waals surface area contributed by atoms with Crippen molar-refractivity contribution in [2.24, 2.45) is 34.8 Å². The van der Waals surface area contributed by atoms with Gasteiger partial charge < -0.3 is 0 Å². The van der Waals surface area contributed by atoms with E-state index in [2.05, 4.69) is 11.8 Å². The van der Waals surface area contributed by atoms with Crippen molar-refractivity contribution in [1.29, 1.82) is 0 Å². The van der Waals surface area contributed by atoms with Crippen molar-refractivity contribution < 1.29 is 0 Å². The van der Waals surface area contributed by atoms with E-state index in [-0.39, 0.29) is 0 Å². The molecule has 24 heavy (non-hydrogen) atoms. The van der Waals surface area contributed by atoms with Crippen molar-refractivity contribution in [2.75, 3.05) is 6.54 Å². The van der Waals surface area contributed by atoms with Crippen molar-refractivity contribution in [3.63, 3.8) is 0 Å². The van der Waals surface area contributed by atoms with Crippen LogP contribution in [0, 0.1) is 34.5 Å². The van der Waals surface area contributed by atoms with Crippen LogP contribution in [0.5, 0.6) is 0 Å². The first kappa shape index (κ1) is 16.5. The maximum atomic E-state index is 10.9. The molecule has 0 N–H and O–H groups in total. The number of hydrogen-bond donors (Lipinski definition) is 0. The number of rotatable bonds is 6. The van der Waals surface area contributed by atoms with Crippen LogP contribution in [0.25, 0.3) is 0 Å². The van der Waals surface area contributed by atoms with Crippen molar-refractivity contribution in [3.05, 3.63) is 28.2 Å². The summed E-state index contributed by atoms with van der Waals surface area (Å²) in [5.41, 5.74) is 4.71. The standard InChI is InChI=1S/C22H33NO/c1-15-8-18(9-16-4-2-5-16)11-22(15)20-12-19(10-17-6-3-7-17)21(13-20)14-23-24/h16-19,21H,1-14H2/b22-20-. The minimum atomic E-state index is 0.518. The second kappa shape index (κ2) is 7.14. The quantitative estimate of drug-likeness (QED) is 0.517. The summed E-state index contributed by atoms with van der Waals surface area (Å²) in [4.78, 5) is 10.9. The minimum absolute atomic E-state index is 0.518. The Morgan fingerprint density at radius 3 is 2.12 bits per heavy atom. The molecule has 4 rings (SSSR count). The molecule has 0 heterocycles. The first-order valence-corrected chi connectivity index (χ1v) is 10.4. The average Bonchev–Trinajstić information content (AvgIpc) is 3.03. The summed E-state index contributed by atoms with van der Waals surface area (Å²) < 4.78 is 0. The Hall–Kier alpha value is -0.920. The summed E-state index contributed by atoms with van der Waals surface area (Å²) in [6.45, 7) is 4.96. The molecule has 132 valence electrons. The summed E-state index contributed by atoms with van der Waals surface area (Å²) >= 11 is 0. The molecule has 3 atom stereocenters.